The van der Waals surface area contributed by atoms with E-state index in [1.54, 1.807) is 11.4 Å². The normalized spacial score (nSPS) is 16.6. The molecule has 0 unspecified atom stereocenters. The summed E-state index contributed by atoms with van der Waals surface area (Å²) in [4.78, 5) is 1.46. The van der Waals surface area contributed by atoms with Crippen molar-refractivity contribution in [2.24, 2.45) is 11.3 Å². The van der Waals surface area contributed by atoms with Gasteiger partial charge in [0.2, 0.25) is 10.0 Å². The summed E-state index contributed by atoms with van der Waals surface area (Å²) >= 11 is 1.50. The van der Waals surface area contributed by atoms with E-state index in [0.29, 0.717) is 23.4 Å². The Hall–Kier alpha value is -0.430. The maximum absolute atomic E-state index is 12.3. The quantitative estimate of drug-likeness (QED) is 0.770. The molecule has 2 N–H and O–H groups in total. The number of thiophene rings is 1. The van der Waals surface area contributed by atoms with Crippen molar-refractivity contribution in [2.75, 3.05) is 6.54 Å². The van der Waals surface area contributed by atoms with Crippen molar-refractivity contribution >= 4 is 21.4 Å². The van der Waals surface area contributed by atoms with Crippen molar-refractivity contribution < 1.29 is 8.42 Å². The molecule has 21 heavy (non-hydrogen) atoms. The molecule has 0 saturated heterocycles. The molecule has 6 heteroatoms. The maximum Gasteiger partial charge on any atom is 0.241 e. The molecule has 0 amide bonds. The Morgan fingerprint density at radius 3 is 2.62 bits per heavy atom. The van der Waals surface area contributed by atoms with Crippen molar-refractivity contribution in [1.29, 1.82) is 0 Å². The Morgan fingerprint density at radius 2 is 2.05 bits per heavy atom. The second-order valence-electron chi connectivity index (χ2n) is 6.87. The molecule has 1 aliphatic rings. The molecule has 0 aliphatic heterocycles. The van der Waals surface area contributed by atoms with Crippen LogP contribution in [0.15, 0.2) is 16.3 Å². The van der Waals surface area contributed by atoms with Gasteiger partial charge >= 0.3 is 0 Å². The molecule has 0 aromatic carbocycles. The van der Waals surface area contributed by atoms with Crippen LogP contribution in [-0.2, 0) is 16.6 Å². The molecular weight excluding hydrogens is 304 g/mol. The van der Waals surface area contributed by atoms with Gasteiger partial charge in [0.25, 0.3) is 0 Å². The summed E-state index contributed by atoms with van der Waals surface area (Å²) < 4.78 is 27.4. The van der Waals surface area contributed by atoms with E-state index in [1.165, 1.54) is 24.2 Å². The first-order valence-corrected chi connectivity index (χ1v) is 9.87. The highest BCUT2D eigenvalue weighted by molar-refractivity contribution is 7.89. The summed E-state index contributed by atoms with van der Waals surface area (Å²) in [6.45, 7) is 9.61. The van der Waals surface area contributed by atoms with Gasteiger partial charge in [-0.2, -0.15) is 0 Å². The summed E-state index contributed by atoms with van der Waals surface area (Å²) in [5.74, 6) is 0.418. The Balaban J connectivity index is 1.95. The average Bonchev–Trinajstić information content (AvgIpc) is 3.10. The molecule has 0 atom stereocenters. The predicted molar refractivity (Wildman–Crippen MR) is 88.0 cm³/mol. The van der Waals surface area contributed by atoms with Crippen LogP contribution in [0.3, 0.4) is 0 Å². The molecule has 4 nitrogen and oxygen atoms in total. The van der Waals surface area contributed by atoms with E-state index in [2.05, 4.69) is 37.7 Å². The third-order valence-electron chi connectivity index (χ3n) is 4.36. The summed E-state index contributed by atoms with van der Waals surface area (Å²) in [5, 5.41) is 5.13. The highest BCUT2D eigenvalue weighted by atomic mass is 32.2. The van der Waals surface area contributed by atoms with Crippen LogP contribution in [0.25, 0.3) is 0 Å². The van der Waals surface area contributed by atoms with Crippen LogP contribution in [0.4, 0.5) is 0 Å². The lowest BCUT2D eigenvalue weighted by molar-refractivity contribution is 0.252. The molecular formula is C15H26N2O2S2. The van der Waals surface area contributed by atoms with Crippen molar-refractivity contribution in [1.82, 2.24) is 10.0 Å². The van der Waals surface area contributed by atoms with Crippen molar-refractivity contribution in [3.63, 3.8) is 0 Å². The Bertz CT molecular complexity index is 572. The summed E-state index contributed by atoms with van der Waals surface area (Å²) in [6, 6.07) is 2.42. The zero-order valence-corrected chi connectivity index (χ0v) is 14.9. The molecule has 120 valence electrons. The van der Waals surface area contributed by atoms with Gasteiger partial charge in [-0.15, -0.1) is 11.3 Å². The number of rotatable bonds is 8. The lowest BCUT2D eigenvalue weighted by Gasteiger charge is -2.29. The number of hydrogen-bond acceptors (Lipinski definition) is 4. The van der Waals surface area contributed by atoms with Crippen LogP contribution < -0.4 is 10.0 Å². The smallest absolute Gasteiger partial charge is 0.241 e. The van der Waals surface area contributed by atoms with Crippen LogP contribution in [0.5, 0.6) is 0 Å². The van der Waals surface area contributed by atoms with E-state index in [-0.39, 0.29) is 5.41 Å². The van der Waals surface area contributed by atoms with Crippen LogP contribution in [0, 0.1) is 11.3 Å². The zero-order valence-electron chi connectivity index (χ0n) is 13.3. The fourth-order valence-corrected chi connectivity index (χ4v) is 4.14. The molecule has 1 fully saturated rings. The van der Waals surface area contributed by atoms with Gasteiger partial charge in [0.1, 0.15) is 0 Å². The Labute approximate surface area is 132 Å². The minimum absolute atomic E-state index is 0.0561. The Morgan fingerprint density at radius 1 is 1.38 bits per heavy atom. The molecule has 1 saturated carbocycles. The number of hydrogen-bond donors (Lipinski definition) is 2. The first kappa shape index (κ1) is 16.9. The minimum Gasteiger partial charge on any atom is -0.309 e. The molecule has 1 aliphatic carbocycles. The van der Waals surface area contributed by atoms with E-state index in [1.807, 2.05) is 0 Å². The highest BCUT2D eigenvalue weighted by Crippen LogP contribution is 2.26. The minimum atomic E-state index is -3.40. The van der Waals surface area contributed by atoms with E-state index < -0.39 is 10.0 Å². The molecule has 1 aromatic heterocycles. The zero-order chi connectivity index (χ0) is 15.7. The first-order valence-electron chi connectivity index (χ1n) is 7.51. The van der Waals surface area contributed by atoms with E-state index >= 15 is 0 Å². The number of nitrogens with one attached hydrogen (secondary N) is 2. The average molecular weight is 331 g/mol. The summed E-state index contributed by atoms with van der Waals surface area (Å²) in [7, 11) is -3.40. The molecule has 0 radical (unpaired) electrons. The Kier molecular flexibility index (Phi) is 5.13. The van der Waals surface area contributed by atoms with Gasteiger partial charge in [-0.3, -0.25) is 0 Å². The van der Waals surface area contributed by atoms with Gasteiger partial charge in [0.05, 0.1) is 4.90 Å². The lowest BCUT2D eigenvalue weighted by atomic mass is 9.81. The third-order valence-corrected chi connectivity index (χ3v) is 6.83. The van der Waals surface area contributed by atoms with Gasteiger partial charge in [0.15, 0.2) is 0 Å². The molecule has 0 bridgehead atoms. The second kappa shape index (κ2) is 6.36. The van der Waals surface area contributed by atoms with Gasteiger partial charge in [-0.25, -0.2) is 13.1 Å². The molecule has 1 aromatic rings. The van der Waals surface area contributed by atoms with Crippen LogP contribution in [0.1, 0.15) is 45.4 Å². The summed E-state index contributed by atoms with van der Waals surface area (Å²) in [5.41, 5.74) is -0.0561. The first-order chi connectivity index (χ1) is 9.71. The predicted octanol–water partition coefficient (Wildman–Crippen LogP) is 2.96. The van der Waals surface area contributed by atoms with Gasteiger partial charge in [-0.05, 0) is 30.2 Å². The third kappa shape index (κ3) is 4.77. The fraction of sp³-hybridized carbons (Fsp3) is 0.733. The topological polar surface area (TPSA) is 58.2 Å². The maximum atomic E-state index is 12.3. The highest BCUT2D eigenvalue weighted by Gasteiger charge is 2.26. The molecule has 1 heterocycles. The largest absolute Gasteiger partial charge is 0.309 e. The summed E-state index contributed by atoms with van der Waals surface area (Å²) in [6.07, 6.45) is 2.48. The second-order valence-corrected chi connectivity index (χ2v) is 9.63. The van der Waals surface area contributed by atoms with Crippen molar-refractivity contribution in [3.05, 3.63) is 16.3 Å². The van der Waals surface area contributed by atoms with Gasteiger partial charge < -0.3 is 5.32 Å². The van der Waals surface area contributed by atoms with Crippen LogP contribution >= 0.6 is 11.3 Å². The SMILES string of the molecule is CC(C)C(C)(C)CNS(=O)(=O)c1csc(CNC2CC2)c1. The van der Waals surface area contributed by atoms with Crippen molar-refractivity contribution in [3.8, 4) is 0 Å². The molecule has 0 spiro atoms. The van der Waals surface area contributed by atoms with Gasteiger partial charge in [-0.1, -0.05) is 27.7 Å². The monoisotopic (exact) mass is 330 g/mol. The molecule has 2 rings (SSSR count). The van der Waals surface area contributed by atoms with E-state index in [4.69, 9.17) is 0 Å². The van der Waals surface area contributed by atoms with E-state index in [9.17, 15) is 8.42 Å². The lowest BCUT2D eigenvalue weighted by Crippen LogP contribution is -2.36. The van der Waals surface area contributed by atoms with Crippen LogP contribution in [0.2, 0.25) is 0 Å². The fourth-order valence-electron chi connectivity index (χ4n) is 1.69. The van der Waals surface area contributed by atoms with Crippen LogP contribution in [-0.4, -0.2) is 21.0 Å². The van der Waals surface area contributed by atoms with Gasteiger partial charge in [0, 0.05) is 29.4 Å². The number of sulfonamides is 1. The standard InChI is InChI=1S/C15H26N2O2S2/c1-11(2)15(3,4)10-17-21(18,19)14-7-13(20-9-14)8-16-12-5-6-12/h7,9,11-12,16-17H,5-6,8,10H2,1-4H3. The van der Waals surface area contributed by atoms with Crippen molar-refractivity contribution in [2.45, 2.75) is 58.0 Å². The van der Waals surface area contributed by atoms with E-state index in [0.717, 1.165) is 11.4 Å².